The first-order chi connectivity index (χ1) is 10.4. The lowest BCUT2D eigenvalue weighted by Crippen LogP contribution is -2.33. The number of aromatic nitrogens is 2. The summed E-state index contributed by atoms with van der Waals surface area (Å²) < 4.78 is 23.1. The van der Waals surface area contributed by atoms with E-state index < -0.39 is 36.1 Å². The number of esters is 1. The van der Waals surface area contributed by atoms with Gasteiger partial charge in [-0.25, -0.2) is 9.18 Å². The SMILES string of the molecule is C[C@H](OC(=O)Cn1nc(-c2ccc(F)cc2)oc1=O)C(N)=O. The van der Waals surface area contributed by atoms with Crippen LogP contribution in [0.25, 0.3) is 11.5 Å². The topological polar surface area (TPSA) is 117 Å². The Balaban J connectivity index is 2.13. The van der Waals surface area contributed by atoms with E-state index in [1.54, 1.807) is 0 Å². The molecule has 0 radical (unpaired) electrons. The average molecular weight is 309 g/mol. The van der Waals surface area contributed by atoms with Gasteiger partial charge in [-0.2, -0.15) is 4.68 Å². The summed E-state index contributed by atoms with van der Waals surface area (Å²) in [4.78, 5) is 33.9. The molecule has 0 saturated heterocycles. The number of nitrogens with two attached hydrogens (primary N) is 1. The quantitative estimate of drug-likeness (QED) is 0.780. The van der Waals surface area contributed by atoms with E-state index in [1.165, 1.54) is 31.2 Å². The maximum atomic E-state index is 12.8. The van der Waals surface area contributed by atoms with Crippen molar-refractivity contribution in [2.45, 2.75) is 19.6 Å². The Morgan fingerprint density at radius 1 is 1.41 bits per heavy atom. The number of ether oxygens (including phenoxy) is 1. The van der Waals surface area contributed by atoms with Gasteiger partial charge in [-0.1, -0.05) is 0 Å². The van der Waals surface area contributed by atoms with Gasteiger partial charge >= 0.3 is 11.7 Å². The molecule has 2 rings (SSSR count). The van der Waals surface area contributed by atoms with Crippen LogP contribution in [-0.2, 0) is 20.9 Å². The van der Waals surface area contributed by atoms with Crippen LogP contribution < -0.4 is 11.5 Å². The molecule has 2 aromatic rings. The average Bonchev–Trinajstić information content (AvgIpc) is 2.80. The normalized spacial score (nSPS) is 11.9. The summed E-state index contributed by atoms with van der Waals surface area (Å²) in [6.07, 6.45) is -1.12. The van der Waals surface area contributed by atoms with Crippen LogP contribution in [0, 0.1) is 5.82 Å². The van der Waals surface area contributed by atoms with Gasteiger partial charge in [0.05, 0.1) is 0 Å². The molecule has 1 heterocycles. The number of rotatable bonds is 5. The van der Waals surface area contributed by atoms with Crippen LogP contribution in [-0.4, -0.2) is 27.8 Å². The smallest absolute Gasteiger partial charge is 0.437 e. The molecule has 0 aliphatic heterocycles. The third kappa shape index (κ3) is 3.57. The molecule has 1 aromatic heterocycles. The number of carbonyl (C=O) groups is 2. The molecule has 0 aliphatic carbocycles. The van der Waals surface area contributed by atoms with Crippen molar-refractivity contribution in [1.29, 1.82) is 0 Å². The zero-order chi connectivity index (χ0) is 16.3. The monoisotopic (exact) mass is 309 g/mol. The second-order valence-electron chi connectivity index (χ2n) is 4.37. The Morgan fingerprint density at radius 3 is 2.64 bits per heavy atom. The van der Waals surface area contributed by atoms with Gasteiger partial charge in [0.2, 0.25) is 5.89 Å². The second kappa shape index (κ2) is 6.20. The van der Waals surface area contributed by atoms with E-state index in [-0.39, 0.29) is 5.89 Å². The van der Waals surface area contributed by atoms with Crippen LogP contribution in [0.4, 0.5) is 4.39 Å². The van der Waals surface area contributed by atoms with Crippen molar-refractivity contribution in [2.24, 2.45) is 5.73 Å². The van der Waals surface area contributed by atoms with Crippen LogP contribution in [0.1, 0.15) is 6.92 Å². The number of nitrogens with zero attached hydrogens (tertiary/aromatic N) is 2. The lowest BCUT2D eigenvalue weighted by molar-refractivity contribution is -0.154. The van der Waals surface area contributed by atoms with Gasteiger partial charge < -0.3 is 14.9 Å². The van der Waals surface area contributed by atoms with Gasteiger partial charge in [0.1, 0.15) is 12.4 Å². The van der Waals surface area contributed by atoms with Crippen LogP contribution in [0.5, 0.6) is 0 Å². The molecule has 1 amide bonds. The molecule has 2 N–H and O–H groups in total. The number of carbonyl (C=O) groups excluding carboxylic acids is 2. The highest BCUT2D eigenvalue weighted by Gasteiger charge is 2.18. The third-order valence-electron chi connectivity index (χ3n) is 2.69. The molecule has 22 heavy (non-hydrogen) atoms. The number of hydrogen-bond acceptors (Lipinski definition) is 6. The van der Waals surface area contributed by atoms with Crippen molar-refractivity contribution in [3.63, 3.8) is 0 Å². The summed E-state index contributed by atoms with van der Waals surface area (Å²) in [6, 6.07) is 5.10. The van der Waals surface area contributed by atoms with Crippen molar-refractivity contribution in [3.8, 4) is 11.5 Å². The van der Waals surface area contributed by atoms with E-state index in [9.17, 15) is 18.8 Å². The zero-order valence-electron chi connectivity index (χ0n) is 11.5. The molecule has 9 heteroatoms. The van der Waals surface area contributed by atoms with Gasteiger partial charge in [0, 0.05) is 5.56 Å². The van der Waals surface area contributed by atoms with Crippen molar-refractivity contribution < 1.29 is 23.1 Å². The fourth-order valence-electron chi connectivity index (χ4n) is 1.53. The summed E-state index contributed by atoms with van der Waals surface area (Å²) >= 11 is 0. The van der Waals surface area contributed by atoms with E-state index >= 15 is 0 Å². The first-order valence-corrected chi connectivity index (χ1v) is 6.19. The summed E-state index contributed by atoms with van der Waals surface area (Å²) in [5.41, 5.74) is 5.32. The minimum atomic E-state index is -1.12. The molecule has 0 spiro atoms. The molecule has 0 fully saturated rings. The van der Waals surface area contributed by atoms with Crippen molar-refractivity contribution >= 4 is 11.9 Å². The molecule has 0 saturated carbocycles. The van der Waals surface area contributed by atoms with Crippen molar-refractivity contribution in [3.05, 3.63) is 40.6 Å². The minimum absolute atomic E-state index is 0.0688. The Kier molecular flexibility index (Phi) is 4.35. The Bertz CT molecular complexity index is 750. The van der Waals surface area contributed by atoms with E-state index in [0.29, 0.717) is 5.56 Å². The molecular weight excluding hydrogens is 297 g/mol. The Labute approximate surface area is 123 Å². The fraction of sp³-hybridized carbons (Fsp3) is 0.231. The Morgan fingerprint density at radius 2 is 2.05 bits per heavy atom. The van der Waals surface area contributed by atoms with E-state index in [2.05, 4.69) is 5.10 Å². The number of benzene rings is 1. The third-order valence-corrected chi connectivity index (χ3v) is 2.69. The van der Waals surface area contributed by atoms with Crippen LogP contribution >= 0.6 is 0 Å². The van der Waals surface area contributed by atoms with E-state index in [1.807, 2.05) is 0 Å². The van der Waals surface area contributed by atoms with E-state index in [0.717, 1.165) is 4.68 Å². The molecule has 0 aliphatic rings. The highest BCUT2D eigenvalue weighted by atomic mass is 19.1. The van der Waals surface area contributed by atoms with Gasteiger partial charge in [0.15, 0.2) is 6.10 Å². The molecule has 1 atom stereocenters. The lowest BCUT2D eigenvalue weighted by atomic mass is 10.2. The van der Waals surface area contributed by atoms with Crippen molar-refractivity contribution in [2.75, 3.05) is 0 Å². The molecule has 116 valence electrons. The maximum Gasteiger partial charge on any atom is 0.437 e. The van der Waals surface area contributed by atoms with Gasteiger partial charge in [-0.15, -0.1) is 5.10 Å². The van der Waals surface area contributed by atoms with Crippen LogP contribution in [0.2, 0.25) is 0 Å². The predicted octanol–water partition coefficient (Wildman–Crippen LogP) is 0.0594. The maximum absolute atomic E-state index is 12.8. The first kappa shape index (κ1) is 15.4. The summed E-state index contributed by atoms with van der Waals surface area (Å²) in [5.74, 6) is -3.08. The van der Waals surface area contributed by atoms with Crippen LogP contribution in [0.3, 0.4) is 0 Å². The van der Waals surface area contributed by atoms with Gasteiger partial charge in [-0.3, -0.25) is 9.59 Å². The second-order valence-corrected chi connectivity index (χ2v) is 4.37. The van der Waals surface area contributed by atoms with E-state index in [4.69, 9.17) is 14.9 Å². The highest BCUT2D eigenvalue weighted by Crippen LogP contribution is 2.15. The van der Waals surface area contributed by atoms with Gasteiger partial charge in [0.25, 0.3) is 5.91 Å². The minimum Gasteiger partial charge on any atom is -0.451 e. The molecule has 0 bridgehead atoms. The zero-order valence-corrected chi connectivity index (χ0v) is 11.5. The molecule has 0 unspecified atom stereocenters. The van der Waals surface area contributed by atoms with Crippen molar-refractivity contribution in [1.82, 2.24) is 9.78 Å². The number of hydrogen-bond donors (Lipinski definition) is 1. The lowest BCUT2D eigenvalue weighted by Gasteiger charge is -2.08. The predicted molar refractivity (Wildman–Crippen MR) is 70.9 cm³/mol. The summed E-state index contributed by atoms with van der Waals surface area (Å²) in [5, 5.41) is 3.80. The fourth-order valence-corrected chi connectivity index (χ4v) is 1.53. The standard InChI is InChI=1S/C13H12FN3O5/c1-7(11(15)19)21-10(18)6-17-13(20)22-12(16-17)8-2-4-9(14)5-3-8/h2-5,7H,6H2,1H3,(H2,15,19)/t7-/m0/s1. The van der Waals surface area contributed by atoms with Crippen LogP contribution in [0.15, 0.2) is 33.5 Å². The van der Waals surface area contributed by atoms with Gasteiger partial charge in [-0.05, 0) is 31.2 Å². The largest absolute Gasteiger partial charge is 0.451 e. The number of primary amides is 1. The number of amides is 1. The first-order valence-electron chi connectivity index (χ1n) is 6.19. The summed E-state index contributed by atoms with van der Waals surface area (Å²) in [7, 11) is 0. The Hall–Kier alpha value is -2.97. The molecule has 1 aromatic carbocycles. The molecular formula is C13H12FN3O5. The number of halogens is 1. The highest BCUT2D eigenvalue weighted by molar-refractivity contribution is 5.81. The summed E-state index contributed by atoms with van der Waals surface area (Å²) in [6.45, 7) is 0.761. The molecule has 8 nitrogen and oxygen atoms in total.